The summed E-state index contributed by atoms with van der Waals surface area (Å²) in [6.07, 6.45) is 10.7. The molecule has 2 heteroatoms. The molecule has 0 N–H and O–H groups in total. The van der Waals surface area contributed by atoms with E-state index in [1.807, 2.05) is 19.1 Å². The van der Waals surface area contributed by atoms with Crippen LogP contribution >= 0.6 is 0 Å². The van der Waals surface area contributed by atoms with Gasteiger partial charge < -0.3 is 4.74 Å². The quantitative estimate of drug-likeness (QED) is 0.499. The molecule has 0 amide bonds. The highest BCUT2D eigenvalue weighted by Gasteiger charge is 2.19. The van der Waals surface area contributed by atoms with Crippen LogP contribution < -0.4 is 4.74 Å². The number of Topliss-reactive ketones (excluding diaryl/α,β-unsaturated/α-hetero) is 1. The van der Waals surface area contributed by atoms with Crippen molar-refractivity contribution in [3.05, 3.63) is 35.4 Å². The molecule has 0 saturated carbocycles. The Morgan fingerprint density at radius 1 is 0.913 bits per heavy atom. The second-order valence-electron chi connectivity index (χ2n) is 6.52. The molecule has 1 aliphatic carbocycles. The van der Waals surface area contributed by atoms with Gasteiger partial charge in [-0.15, -0.1) is 0 Å². The first-order valence-electron chi connectivity index (χ1n) is 9.18. The van der Waals surface area contributed by atoms with Gasteiger partial charge in [0.25, 0.3) is 0 Å². The highest BCUT2D eigenvalue weighted by Crippen LogP contribution is 2.32. The minimum absolute atomic E-state index is 0.291. The lowest BCUT2D eigenvalue weighted by molar-refractivity contribution is -0.114. The van der Waals surface area contributed by atoms with Crippen LogP contribution in [0.15, 0.2) is 29.8 Å². The molecule has 2 rings (SSSR count). The zero-order valence-corrected chi connectivity index (χ0v) is 14.7. The zero-order valence-electron chi connectivity index (χ0n) is 14.7. The van der Waals surface area contributed by atoms with Crippen molar-refractivity contribution in [2.75, 3.05) is 6.61 Å². The molecular weight excluding hydrogens is 284 g/mol. The Balaban J connectivity index is 1.69. The van der Waals surface area contributed by atoms with Crippen molar-refractivity contribution in [3.8, 4) is 5.75 Å². The number of unbranched alkanes of at least 4 members (excludes halogenated alkanes) is 6. The van der Waals surface area contributed by atoms with E-state index in [-0.39, 0.29) is 0 Å². The van der Waals surface area contributed by atoms with Gasteiger partial charge in [-0.25, -0.2) is 0 Å². The second-order valence-corrected chi connectivity index (χ2v) is 6.52. The fourth-order valence-corrected chi connectivity index (χ4v) is 3.14. The lowest BCUT2D eigenvalue weighted by atomic mass is 10.0. The van der Waals surface area contributed by atoms with Crippen LogP contribution in [0.5, 0.6) is 5.75 Å². The summed E-state index contributed by atoms with van der Waals surface area (Å²) in [5.74, 6) is 1.22. The van der Waals surface area contributed by atoms with E-state index >= 15 is 0 Å². The summed E-state index contributed by atoms with van der Waals surface area (Å²) in [4.78, 5) is 11.6. The van der Waals surface area contributed by atoms with Crippen molar-refractivity contribution < 1.29 is 9.53 Å². The number of hydrogen-bond acceptors (Lipinski definition) is 2. The molecule has 0 aromatic heterocycles. The van der Waals surface area contributed by atoms with Gasteiger partial charge in [-0.2, -0.15) is 0 Å². The van der Waals surface area contributed by atoms with Crippen molar-refractivity contribution in [3.63, 3.8) is 0 Å². The number of ketones is 1. The summed E-state index contributed by atoms with van der Waals surface area (Å²) < 4.78 is 5.82. The van der Waals surface area contributed by atoms with Gasteiger partial charge in [0.1, 0.15) is 5.75 Å². The van der Waals surface area contributed by atoms with Crippen LogP contribution in [0.25, 0.3) is 5.57 Å². The van der Waals surface area contributed by atoms with Gasteiger partial charge >= 0.3 is 0 Å². The highest BCUT2D eigenvalue weighted by molar-refractivity contribution is 6.06. The number of ether oxygens (including phenoxy) is 1. The molecule has 0 bridgehead atoms. The predicted molar refractivity (Wildman–Crippen MR) is 96.8 cm³/mol. The van der Waals surface area contributed by atoms with E-state index in [1.54, 1.807) is 0 Å². The average Bonchev–Trinajstić information content (AvgIpc) is 2.90. The molecule has 1 aromatic carbocycles. The van der Waals surface area contributed by atoms with Crippen molar-refractivity contribution >= 4 is 11.4 Å². The number of carbonyl (C=O) groups excluding carboxylic acids is 1. The van der Waals surface area contributed by atoms with Gasteiger partial charge in [-0.1, -0.05) is 57.6 Å². The first-order valence-corrected chi connectivity index (χ1v) is 9.18. The van der Waals surface area contributed by atoms with Crippen LogP contribution in [-0.4, -0.2) is 12.4 Å². The van der Waals surface area contributed by atoms with Crippen molar-refractivity contribution in [2.24, 2.45) is 0 Å². The van der Waals surface area contributed by atoms with Gasteiger partial charge in [0, 0.05) is 6.42 Å². The predicted octanol–water partition coefficient (Wildman–Crippen LogP) is 5.95. The normalized spacial score (nSPS) is 14.6. The molecule has 1 aromatic rings. The average molecular weight is 314 g/mol. The van der Waals surface area contributed by atoms with Crippen molar-refractivity contribution in [2.45, 2.75) is 71.6 Å². The molecule has 0 heterocycles. The van der Waals surface area contributed by atoms with Crippen LogP contribution in [0.2, 0.25) is 0 Å². The molecule has 23 heavy (non-hydrogen) atoms. The molecule has 0 atom stereocenters. The van der Waals surface area contributed by atoms with Gasteiger partial charge in [-0.05, 0) is 48.6 Å². The molecule has 0 unspecified atom stereocenters. The van der Waals surface area contributed by atoms with Crippen molar-refractivity contribution in [1.82, 2.24) is 0 Å². The maximum Gasteiger partial charge on any atom is 0.159 e. The molecule has 0 saturated heterocycles. The van der Waals surface area contributed by atoms with E-state index in [9.17, 15) is 4.79 Å². The number of rotatable bonds is 10. The monoisotopic (exact) mass is 314 g/mol. The molecule has 2 nitrogen and oxygen atoms in total. The fourth-order valence-electron chi connectivity index (χ4n) is 3.14. The summed E-state index contributed by atoms with van der Waals surface area (Å²) in [7, 11) is 0. The maximum absolute atomic E-state index is 11.6. The lowest BCUT2D eigenvalue weighted by Gasteiger charge is -2.08. The number of benzene rings is 1. The molecule has 1 aliphatic rings. The zero-order chi connectivity index (χ0) is 16.5. The summed E-state index contributed by atoms with van der Waals surface area (Å²) >= 11 is 0. The first kappa shape index (κ1) is 17.8. The Hall–Kier alpha value is -1.57. The molecule has 126 valence electrons. The molecule has 0 fully saturated rings. The fraction of sp³-hybridized carbons (Fsp3) is 0.571. The van der Waals surface area contributed by atoms with E-state index in [4.69, 9.17) is 4.74 Å². The number of allylic oxidation sites excluding steroid dienone is 2. The van der Waals surface area contributed by atoms with E-state index in [0.717, 1.165) is 36.3 Å². The van der Waals surface area contributed by atoms with E-state index in [2.05, 4.69) is 19.1 Å². The third kappa shape index (κ3) is 5.53. The molecule has 0 aliphatic heterocycles. The Labute approximate surface area is 140 Å². The number of hydrogen-bond donors (Lipinski definition) is 0. The minimum atomic E-state index is 0.291. The Morgan fingerprint density at radius 2 is 1.57 bits per heavy atom. The number of carbonyl (C=O) groups is 1. The summed E-state index contributed by atoms with van der Waals surface area (Å²) in [5, 5.41) is 0. The standard InChI is InChI=1S/C21H30O2/c1-3-4-5-6-7-8-9-16-23-19-12-10-18(11-13-19)20-14-15-21(22)17(20)2/h10-13H,3-9,14-16H2,1-2H3. The van der Waals surface area contributed by atoms with Gasteiger partial charge in [0.05, 0.1) is 6.61 Å². The van der Waals surface area contributed by atoms with E-state index in [0.29, 0.717) is 12.2 Å². The summed E-state index contributed by atoms with van der Waals surface area (Å²) in [5.41, 5.74) is 3.30. The lowest BCUT2D eigenvalue weighted by Crippen LogP contribution is -1.97. The summed E-state index contributed by atoms with van der Waals surface area (Å²) in [6.45, 7) is 4.99. The third-order valence-electron chi connectivity index (χ3n) is 4.69. The Bertz CT molecular complexity index is 525. The summed E-state index contributed by atoms with van der Waals surface area (Å²) in [6, 6.07) is 8.22. The Morgan fingerprint density at radius 3 is 2.17 bits per heavy atom. The maximum atomic E-state index is 11.6. The van der Waals surface area contributed by atoms with Crippen molar-refractivity contribution in [1.29, 1.82) is 0 Å². The van der Waals surface area contributed by atoms with Gasteiger partial charge in [0.15, 0.2) is 5.78 Å². The Kier molecular flexibility index (Phi) is 7.38. The van der Waals surface area contributed by atoms with E-state index in [1.165, 1.54) is 44.1 Å². The largest absolute Gasteiger partial charge is 0.494 e. The molecular formula is C21H30O2. The first-order chi connectivity index (χ1) is 11.2. The second kappa shape index (κ2) is 9.54. The highest BCUT2D eigenvalue weighted by atomic mass is 16.5. The van der Waals surface area contributed by atoms with E-state index < -0.39 is 0 Å². The van der Waals surface area contributed by atoms with Gasteiger partial charge in [-0.3, -0.25) is 4.79 Å². The van der Waals surface area contributed by atoms with Crippen LogP contribution in [0.1, 0.15) is 77.2 Å². The van der Waals surface area contributed by atoms with Gasteiger partial charge in [0.2, 0.25) is 0 Å². The van der Waals surface area contributed by atoms with Crippen LogP contribution in [0, 0.1) is 0 Å². The van der Waals surface area contributed by atoms with Crippen LogP contribution in [0.4, 0.5) is 0 Å². The SMILES string of the molecule is CCCCCCCCCOc1ccc(C2=C(C)C(=O)CC2)cc1. The molecule has 0 spiro atoms. The minimum Gasteiger partial charge on any atom is -0.494 e. The topological polar surface area (TPSA) is 26.3 Å². The smallest absolute Gasteiger partial charge is 0.159 e. The van der Waals surface area contributed by atoms with Crippen LogP contribution in [0.3, 0.4) is 0 Å². The van der Waals surface area contributed by atoms with Crippen LogP contribution in [-0.2, 0) is 4.79 Å². The third-order valence-corrected chi connectivity index (χ3v) is 4.69. The molecule has 0 radical (unpaired) electrons.